The highest BCUT2D eigenvalue weighted by Gasteiger charge is 2.16. The zero-order valence-electron chi connectivity index (χ0n) is 10.5. The third kappa shape index (κ3) is 2.99. The van der Waals surface area contributed by atoms with Gasteiger partial charge in [-0.05, 0) is 33.1 Å². The van der Waals surface area contributed by atoms with Crippen molar-refractivity contribution in [3.05, 3.63) is 12.4 Å². The van der Waals surface area contributed by atoms with Crippen LogP contribution in [0.4, 0.5) is 10.5 Å². The van der Waals surface area contributed by atoms with Crippen LogP contribution in [0.25, 0.3) is 0 Å². The lowest BCUT2D eigenvalue weighted by Gasteiger charge is -2.26. The monoisotopic (exact) mass is 236 g/mol. The highest BCUT2D eigenvalue weighted by atomic mass is 16.2. The van der Waals surface area contributed by atoms with E-state index in [0.717, 1.165) is 31.6 Å². The van der Waals surface area contributed by atoms with E-state index in [1.807, 2.05) is 15.8 Å². The molecule has 1 fully saturated rings. The number of urea groups is 1. The Hall–Kier alpha value is -1.52. The standard InChI is InChI=1S/C12H20N4O/c1-10(2)16-9-11(8-13-16)14-12(17)15-6-4-3-5-7-15/h8-10H,3-7H2,1-2H3,(H,14,17). The van der Waals surface area contributed by atoms with Gasteiger partial charge in [-0.1, -0.05) is 0 Å². The molecular formula is C12H20N4O. The molecule has 0 spiro atoms. The number of hydrogen-bond donors (Lipinski definition) is 1. The Morgan fingerprint density at radius 1 is 1.35 bits per heavy atom. The van der Waals surface area contributed by atoms with Gasteiger partial charge in [-0.2, -0.15) is 5.10 Å². The number of likely N-dealkylation sites (tertiary alicyclic amines) is 1. The average molecular weight is 236 g/mol. The Morgan fingerprint density at radius 2 is 2.06 bits per heavy atom. The van der Waals surface area contributed by atoms with Crippen LogP contribution in [0.1, 0.15) is 39.2 Å². The first kappa shape index (κ1) is 12.0. The van der Waals surface area contributed by atoms with Crippen molar-refractivity contribution < 1.29 is 4.79 Å². The molecule has 2 rings (SSSR count). The van der Waals surface area contributed by atoms with Gasteiger partial charge in [0.2, 0.25) is 0 Å². The van der Waals surface area contributed by atoms with Crippen LogP contribution in [0, 0.1) is 0 Å². The molecule has 0 saturated carbocycles. The molecule has 1 aliphatic heterocycles. The first-order chi connectivity index (χ1) is 8.16. The maximum Gasteiger partial charge on any atom is 0.321 e. The summed E-state index contributed by atoms with van der Waals surface area (Å²) >= 11 is 0. The van der Waals surface area contributed by atoms with Crippen molar-refractivity contribution in [1.82, 2.24) is 14.7 Å². The first-order valence-electron chi connectivity index (χ1n) is 6.27. The zero-order chi connectivity index (χ0) is 12.3. The van der Waals surface area contributed by atoms with E-state index in [1.165, 1.54) is 6.42 Å². The van der Waals surface area contributed by atoms with E-state index in [1.54, 1.807) is 6.20 Å². The average Bonchev–Trinajstić information content (AvgIpc) is 2.79. The normalized spacial score (nSPS) is 16.3. The van der Waals surface area contributed by atoms with Crippen LogP contribution in [-0.2, 0) is 0 Å². The third-order valence-corrected chi connectivity index (χ3v) is 3.03. The molecule has 5 nitrogen and oxygen atoms in total. The Morgan fingerprint density at radius 3 is 2.65 bits per heavy atom. The van der Waals surface area contributed by atoms with E-state index in [4.69, 9.17) is 0 Å². The van der Waals surface area contributed by atoms with Gasteiger partial charge in [0.15, 0.2) is 0 Å². The smallest absolute Gasteiger partial charge is 0.321 e. The van der Waals surface area contributed by atoms with Gasteiger partial charge in [0.1, 0.15) is 0 Å². The molecule has 0 atom stereocenters. The first-order valence-corrected chi connectivity index (χ1v) is 6.27. The van der Waals surface area contributed by atoms with Crippen LogP contribution in [0.15, 0.2) is 12.4 Å². The third-order valence-electron chi connectivity index (χ3n) is 3.03. The van der Waals surface area contributed by atoms with Crippen LogP contribution < -0.4 is 5.32 Å². The molecule has 1 aliphatic rings. The Balaban J connectivity index is 1.92. The fourth-order valence-electron chi connectivity index (χ4n) is 1.98. The topological polar surface area (TPSA) is 50.2 Å². The van der Waals surface area contributed by atoms with Gasteiger partial charge in [-0.3, -0.25) is 4.68 Å². The van der Waals surface area contributed by atoms with Gasteiger partial charge in [0.05, 0.1) is 11.9 Å². The fourth-order valence-corrected chi connectivity index (χ4v) is 1.98. The Kier molecular flexibility index (Phi) is 3.66. The summed E-state index contributed by atoms with van der Waals surface area (Å²) in [6.45, 7) is 5.85. The Labute approximate surface area is 102 Å². The van der Waals surface area contributed by atoms with E-state index in [-0.39, 0.29) is 6.03 Å². The van der Waals surface area contributed by atoms with E-state index in [9.17, 15) is 4.79 Å². The lowest BCUT2D eigenvalue weighted by Crippen LogP contribution is -2.38. The second kappa shape index (κ2) is 5.21. The van der Waals surface area contributed by atoms with Crippen LogP contribution in [0.2, 0.25) is 0 Å². The lowest BCUT2D eigenvalue weighted by atomic mass is 10.1. The van der Waals surface area contributed by atoms with Gasteiger partial charge in [0, 0.05) is 25.3 Å². The largest absolute Gasteiger partial charge is 0.325 e. The molecule has 5 heteroatoms. The molecule has 1 aromatic heterocycles. The summed E-state index contributed by atoms with van der Waals surface area (Å²) in [6, 6.07) is 0.309. The lowest BCUT2D eigenvalue weighted by molar-refractivity contribution is 0.200. The van der Waals surface area contributed by atoms with Gasteiger partial charge >= 0.3 is 6.03 Å². The number of nitrogens with zero attached hydrogens (tertiary/aromatic N) is 3. The minimum Gasteiger partial charge on any atom is -0.325 e. The molecule has 1 N–H and O–H groups in total. The van der Waals surface area contributed by atoms with Crippen molar-refractivity contribution in [3.8, 4) is 0 Å². The molecule has 0 radical (unpaired) electrons. The van der Waals surface area contributed by atoms with Crippen molar-refractivity contribution in [2.45, 2.75) is 39.2 Å². The predicted molar refractivity (Wildman–Crippen MR) is 67.1 cm³/mol. The van der Waals surface area contributed by atoms with Crippen molar-refractivity contribution in [2.75, 3.05) is 18.4 Å². The predicted octanol–water partition coefficient (Wildman–Crippen LogP) is 2.48. The number of nitrogens with one attached hydrogen (secondary N) is 1. The van der Waals surface area contributed by atoms with E-state index >= 15 is 0 Å². The zero-order valence-corrected chi connectivity index (χ0v) is 10.5. The van der Waals surface area contributed by atoms with Gasteiger partial charge in [-0.15, -0.1) is 0 Å². The SMILES string of the molecule is CC(C)n1cc(NC(=O)N2CCCCC2)cn1. The number of carbonyl (C=O) groups excluding carboxylic acids is 1. The molecule has 0 aliphatic carbocycles. The molecule has 0 bridgehead atoms. The van der Waals surface area contributed by atoms with Gasteiger partial charge in [-0.25, -0.2) is 4.79 Å². The number of anilines is 1. The molecule has 1 aromatic rings. The molecule has 17 heavy (non-hydrogen) atoms. The molecule has 0 unspecified atom stereocenters. The number of hydrogen-bond acceptors (Lipinski definition) is 2. The Bertz CT molecular complexity index is 380. The maximum atomic E-state index is 11.9. The molecule has 94 valence electrons. The summed E-state index contributed by atoms with van der Waals surface area (Å²) in [5.41, 5.74) is 0.772. The van der Waals surface area contributed by atoms with Crippen molar-refractivity contribution >= 4 is 11.7 Å². The van der Waals surface area contributed by atoms with Crippen molar-refractivity contribution in [2.24, 2.45) is 0 Å². The van der Waals surface area contributed by atoms with Crippen LogP contribution in [0.5, 0.6) is 0 Å². The maximum absolute atomic E-state index is 11.9. The minimum atomic E-state index is -0.00648. The van der Waals surface area contributed by atoms with Crippen LogP contribution in [0.3, 0.4) is 0 Å². The number of carbonyl (C=O) groups is 1. The summed E-state index contributed by atoms with van der Waals surface area (Å²) < 4.78 is 1.84. The van der Waals surface area contributed by atoms with Crippen molar-refractivity contribution in [1.29, 1.82) is 0 Å². The van der Waals surface area contributed by atoms with Gasteiger partial charge in [0.25, 0.3) is 0 Å². The molecule has 0 aromatic carbocycles. The summed E-state index contributed by atoms with van der Waals surface area (Å²) in [6.07, 6.45) is 7.01. The summed E-state index contributed by atoms with van der Waals surface area (Å²) in [5, 5.41) is 7.09. The number of amides is 2. The van der Waals surface area contributed by atoms with Crippen molar-refractivity contribution in [3.63, 3.8) is 0 Å². The van der Waals surface area contributed by atoms with Crippen LogP contribution in [-0.4, -0.2) is 33.8 Å². The summed E-state index contributed by atoms with van der Waals surface area (Å²) in [5.74, 6) is 0. The second-order valence-electron chi connectivity index (χ2n) is 4.78. The van der Waals surface area contributed by atoms with Crippen LogP contribution >= 0.6 is 0 Å². The second-order valence-corrected chi connectivity index (χ2v) is 4.78. The summed E-state index contributed by atoms with van der Waals surface area (Å²) in [4.78, 5) is 13.8. The number of piperidine rings is 1. The fraction of sp³-hybridized carbons (Fsp3) is 0.667. The number of rotatable bonds is 2. The van der Waals surface area contributed by atoms with E-state index in [2.05, 4.69) is 24.3 Å². The minimum absolute atomic E-state index is 0.00648. The van der Waals surface area contributed by atoms with E-state index in [0.29, 0.717) is 6.04 Å². The van der Waals surface area contributed by atoms with E-state index < -0.39 is 0 Å². The highest BCUT2D eigenvalue weighted by molar-refractivity contribution is 5.89. The molecule has 2 amide bonds. The highest BCUT2D eigenvalue weighted by Crippen LogP contribution is 2.13. The van der Waals surface area contributed by atoms with Gasteiger partial charge < -0.3 is 10.2 Å². The number of aromatic nitrogens is 2. The quantitative estimate of drug-likeness (QED) is 0.857. The molecular weight excluding hydrogens is 216 g/mol. The molecule has 2 heterocycles. The summed E-state index contributed by atoms with van der Waals surface area (Å²) in [7, 11) is 0. The molecule has 1 saturated heterocycles.